The van der Waals surface area contributed by atoms with Gasteiger partial charge in [0.2, 0.25) is 0 Å². The van der Waals surface area contributed by atoms with Gasteiger partial charge in [-0.1, -0.05) is 41.5 Å². The first-order valence-corrected chi connectivity index (χ1v) is 5.97. The molecule has 0 atom stereocenters. The summed E-state index contributed by atoms with van der Waals surface area (Å²) in [5.74, 6) is 0.908. The van der Waals surface area contributed by atoms with Gasteiger partial charge < -0.3 is 4.74 Å². The third kappa shape index (κ3) is 2.93. The Morgan fingerprint density at radius 2 is 1.24 bits per heavy atom. The maximum Gasteiger partial charge on any atom is 0.186 e. The van der Waals surface area contributed by atoms with E-state index in [2.05, 4.69) is 41.5 Å². The zero-order valence-electron chi connectivity index (χ0n) is 12.0. The molecular weight excluding hydrogens is 212 g/mol. The SMILES string of the molecule is COc1cc(C(C)(C)C)c([O])c(C(C)(C)C)c1. The van der Waals surface area contributed by atoms with Crippen molar-refractivity contribution in [1.29, 1.82) is 0 Å². The lowest BCUT2D eigenvalue weighted by Gasteiger charge is -2.26. The summed E-state index contributed by atoms with van der Waals surface area (Å²) in [7, 11) is 1.64. The number of hydrogen-bond acceptors (Lipinski definition) is 1. The van der Waals surface area contributed by atoms with Gasteiger partial charge in [-0.15, -0.1) is 0 Å². The Labute approximate surface area is 105 Å². The summed E-state index contributed by atoms with van der Waals surface area (Å²) in [6, 6.07) is 3.72. The summed E-state index contributed by atoms with van der Waals surface area (Å²) in [4.78, 5) is 0. The van der Waals surface area contributed by atoms with Crippen LogP contribution in [0.1, 0.15) is 52.7 Å². The molecule has 1 radical (unpaired) electrons. The second-order valence-corrected chi connectivity index (χ2v) is 6.55. The Morgan fingerprint density at radius 3 is 1.47 bits per heavy atom. The van der Waals surface area contributed by atoms with Gasteiger partial charge in [-0.05, 0) is 23.0 Å². The molecule has 2 heteroatoms. The lowest BCUT2D eigenvalue weighted by atomic mass is 9.79. The van der Waals surface area contributed by atoms with E-state index in [1.54, 1.807) is 7.11 Å². The van der Waals surface area contributed by atoms with E-state index in [9.17, 15) is 5.11 Å². The first kappa shape index (κ1) is 13.9. The molecule has 0 heterocycles. The fourth-order valence-corrected chi connectivity index (χ4v) is 1.83. The number of benzene rings is 1. The van der Waals surface area contributed by atoms with Gasteiger partial charge in [0.25, 0.3) is 0 Å². The topological polar surface area (TPSA) is 29.1 Å². The molecule has 0 N–H and O–H groups in total. The Hall–Kier alpha value is -1.18. The molecule has 0 saturated heterocycles. The number of methoxy groups -OCH3 is 1. The lowest BCUT2D eigenvalue weighted by molar-refractivity contribution is 0.324. The van der Waals surface area contributed by atoms with Crippen molar-refractivity contribution < 1.29 is 9.84 Å². The van der Waals surface area contributed by atoms with Gasteiger partial charge in [-0.3, -0.25) is 5.11 Å². The number of ether oxygens (including phenoxy) is 1. The minimum absolute atomic E-state index is 0.144. The first-order valence-electron chi connectivity index (χ1n) is 5.97. The normalized spacial score (nSPS) is 12.6. The van der Waals surface area contributed by atoms with E-state index in [0.29, 0.717) is 0 Å². The van der Waals surface area contributed by atoms with Crippen LogP contribution in [0.5, 0.6) is 11.5 Å². The third-order valence-electron chi connectivity index (χ3n) is 2.91. The standard InChI is InChI=1S/C15H23O2/c1-14(2,3)11-8-10(17-7)9-12(13(11)16)15(4,5)6/h8-9H,1-7H3. The highest BCUT2D eigenvalue weighted by Crippen LogP contribution is 2.41. The first-order chi connectivity index (χ1) is 7.57. The minimum atomic E-state index is -0.161. The van der Waals surface area contributed by atoms with Crippen LogP contribution in [0.25, 0.3) is 0 Å². The molecule has 1 aromatic rings. The number of rotatable bonds is 1. The minimum Gasteiger partial charge on any atom is -0.497 e. The molecule has 0 amide bonds. The van der Waals surface area contributed by atoms with E-state index >= 15 is 0 Å². The van der Waals surface area contributed by atoms with E-state index in [1.165, 1.54) is 0 Å². The van der Waals surface area contributed by atoms with Crippen molar-refractivity contribution in [2.75, 3.05) is 7.11 Å². The van der Waals surface area contributed by atoms with Gasteiger partial charge >= 0.3 is 0 Å². The molecule has 1 aromatic carbocycles. The van der Waals surface area contributed by atoms with Crippen LogP contribution in [0.4, 0.5) is 0 Å². The van der Waals surface area contributed by atoms with E-state index < -0.39 is 0 Å². The second kappa shape index (κ2) is 4.25. The van der Waals surface area contributed by atoms with E-state index in [0.717, 1.165) is 16.9 Å². The number of hydrogen-bond donors (Lipinski definition) is 0. The van der Waals surface area contributed by atoms with Crippen molar-refractivity contribution in [2.45, 2.75) is 52.4 Å². The summed E-state index contributed by atoms with van der Waals surface area (Å²) in [6.07, 6.45) is 0. The molecule has 95 valence electrons. The highest BCUT2D eigenvalue weighted by Gasteiger charge is 2.27. The fourth-order valence-electron chi connectivity index (χ4n) is 1.83. The highest BCUT2D eigenvalue weighted by atomic mass is 16.5. The summed E-state index contributed by atoms with van der Waals surface area (Å²) in [5.41, 5.74) is 1.32. The smallest absolute Gasteiger partial charge is 0.186 e. The monoisotopic (exact) mass is 235 g/mol. The van der Waals surface area contributed by atoms with Crippen LogP contribution in [0.15, 0.2) is 12.1 Å². The summed E-state index contributed by atoms with van der Waals surface area (Å²) in [5, 5.41) is 12.5. The Morgan fingerprint density at radius 1 is 0.882 bits per heavy atom. The maximum absolute atomic E-state index is 12.5. The van der Waals surface area contributed by atoms with Crippen molar-refractivity contribution in [3.63, 3.8) is 0 Å². The molecule has 0 aliphatic carbocycles. The molecule has 0 saturated carbocycles. The third-order valence-corrected chi connectivity index (χ3v) is 2.91. The zero-order valence-corrected chi connectivity index (χ0v) is 12.0. The van der Waals surface area contributed by atoms with Gasteiger partial charge in [0.15, 0.2) is 5.75 Å². The summed E-state index contributed by atoms with van der Waals surface area (Å²) in [6.45, 7) is 12.3. The predicted octanol–water partition coefficient (Wildman–Crippen LogP) is 4.43. The van der Waals surface area contributed by atoms with Crippen LogP contribution in [0.3, 0.4) is 0 Å². The summed E-state index contributed by atoms with van der Waals surface area (Å²) < 4.78 is 5.30. The van der Waals surface area contributed by atoms with Crippen LogP contribution < -0.4 is 4.74 Å². The molecule has 0 fully saturated rings. The van der Waals surface area contributed by atoms with Gasteiger partial charge in [-0.2, -0.15) is 0 Å². The second-order valence-electron chi connectivity index (χ2n) is 6.55. The lowest BCUT2D eigenvalue weighted by Crippen LogP contribution is -2.17. The van der Waals surface area contributed by atoms with Crippen molar-refractivity contribution in [3.05, 3.63) is 23.3 Å². The summed E-state index contributed by atoms with van der Waals surface area (Å²) >= 11 is 0. The van der Waals surface area contributed by atoms with Crippen LogP contribution in [-0.2, 0) is 15.9 Å². The van der Waals surface area contributed by atoms with Crippen molar-refractivity contribution in [3.8, 4) is 11.5 Å². The Balaban J connectivity index is 3.53. The van der Waals surface area contributed by atoms with E-state index in [-0.39, 0.29) is 16.6 Å². The molecule has 0 aliphatic heterocycles. The van der Waals surface area contributed by atoms with Crippen molar-refractivity contribution >= 4 is 0 Å². The van der Waals surface area contributed by atoms with Crippen LogP contribution in [0, 0.1) is 0 Å². The molecule has 0 spiro atoms. The molecule has 2 nitrogen and oxygen atoms in total. The van der Waals surface area contributed by atoms with Crippen LogP contribution in [-0.4, -0.2) is 7.11 Å². The van der Waals surface area contributed by atoms with E-state index in [4.69, 9.17) is 4.74 Å². The predicted molar refractivity (Wildman–Crippen MR) is 70.5 cm³/mol. The van der Waals surface area contributed by atoms with Crippen molar-refractivity contribution in [1.82, 2.24) is 0 Å². The van der Waals surface area contributed by atoms with Crippen LogP contribution >= 0.6 is 0 Å². The van der Waals surface area contributed by atoms with Gasteiger partial charge in [0.1, 0.15) is 5.75 Å². The average molecular weight is 235 g/mol. The molecule has 17 heavy (non-hydrogen) atoms. The molecule has 0 aromatic heterocycles. The van der Waals surface area contributed by atoms with Gasteiger partial charge in [0, 0.05) is 11.1 Å². The Kier molecular flexibility index (Phi) is 3.47. The zero-order chi connectivity index (χ0) is 13.4. The molecular formula is C15H23O2. The fraction of sp³-hybridized carbons (Fsp3) is 0.600. The molecule has 0 aliphatic rings. The quantitative estimate of drug-likeness (QED) is 0.707. The largest absolute Gasteiger partial charge is 0.497 e. The Bertz CT molecular complexity index is 371. The van der Waals surface area contributed by atoms with Crippen molar-refractivity contribution in [2.24, 2.45) is 0 Å². The molecule has 0 unspecified atom stereocenters. The van der Waals surface area contributed by atoms with E-state index in [1.807, 2.05) is 12.1 Å². The van der Waals surface area contributed by atoms with Gasteiger partial charge in [-0.25, -0.2) is 0 Å². The maximum atomic E-state index is 12.5. The highest BCUT2D eigenvalue weighted by molar-refractivity contribution is 5.51. The average Bonchev–Trinajstić information content (AvgIpc) is 2.14. The van der Waals surface area contributed by atoms with Crippen LogP contribution in [0.2, 0.25) is 0 Å². The molecule has 0 bridgehead atoms. The molecule has 1 rings (SSSR count). The van der Waals surface area contributed by atoms with Gasteiger partial charge in [0.05, 0.1) is 7.11 Å².